The van der Waals surface area contributed by atoms with E-state index in [2.05, 4.69) is 5.32 Å². The Labute approximate surface area is 196 Å². The van der Waals surface area contributed by atoms with Crippen LogP contribution in [0.1, 0.15) is 47.8 Å². The van der Waals surface area contributed by atoms with E-state index in [1.807, 2.05) is 0 Å². The molecule has 1 saturated carbocycles. The molecule has 2 aromatic carbocycles. The molecule has 8 heteroatoms. The lowest BCUT2D eigenvalue weighted by Gasteiger charge is -2.32. The normalized spacial score (nSPS) is 14.6. The van der Waals surface area contributed by atoms with Gasteiger partial charge in [-0.2, -0.15) is 0 Å². The van der Waals surface area contributed by atoms with Crippen molar-refractivity contribution in [3.8, 4) is 5.75 Å². The van der Waals surface area contributed by atoms with Crippen molar-refractivity contribution < 1.29 is 23.1 Å². The van der Waals surface area contributed by atoms with E-state index in [0.717, 1.165) is 25.7 Å². The molecule has 1 aliphatic carbocycles. The Kier molecular flexibility index (Phi) is 6.99. The van der Waals surface area contributed by atoms with Crippen molar-refractivity contribution in [1.29, 1.82) is 0 Å². The van der Waals surface area contributed by atoms with E-state index in [1.165, 1.54) is 35.4 Å². The summed E-state index contributed by atoms with van der Waals surface area (Å²) in [6.07, 6.45) is 5.23. The molecule has 4 rings (SSSR count). The van der Waals surface area contributed by atoms with Crippen molar-refractivity contribution in [2.45, 2.75) is 37.8 Å². The second-order valence-corrected chi connectivity index (χ2v) is 8.32. The molecule has 1 aliphatic rings. The maximum atomic E-state index is 13.9. The number of hydrogen-bond acceptors (Lipinski definition) is 4. The highest BCUT2D eigenvalue weighted by Gasteiger charge is 2.36. The quantitative estimate of drug-likeness (QED) is 0.493. The highest BCUT2D eigenvalue weighted by Crippen LogP contribution is 2.33. The summed E-state index contributed by atoms with van der Waals surface area (Å²) in [6, 6.07) is 12.9. The van der Waals surface area contributed by atoms with Gasteiger partial charge in [-0.15, -0.1) is 0 Å². The van der Waals surface area contributed by atoms with Crippen molar-refractivity contribution in [3.63, 3.8) is 0 Å². The summed E-state index contributed by atoms with van der Waals surface area (Å²) < 4.78 is 24.5. The molecule has 1 heterocycles. The van der Waals surface area contributed by atoms with Crippen molar-refractivity contribution in [1.82, 2.24) is 5.32 Å². The Balaban J connectivity index is 1.82. The second kappa shape index (κ2) is 10.1. The van der Waals surface area contributed by atoms with Crippen LogP contribution in [0.25, 0.3) is 0 Å². The summed E-state index contributed by atoms with van der Waals surface area (Å²) in [5.41, 5.74) is 0.830. The molecular formula is C25H24ClFN2O4. The van der Waals surface area contributed by atoms with Crippen LogP contribution in [0.3, 0.4) is 0 Å². The highest BCUT2D eigenvalue weighted by atomic mass is 35.5. The first-order valence-corrected chi connectivity index (χ1v) is 11.1. The second-order valence-electron chi connectivity index (χ2n) is 7.92. The average molecular weight is 471 g/mol. The molecule has 172 valence electrons. The van der Waals surface area contributed by atoms with E-state index in [0.29, 0.717) is 11.3 Å². The third-order valence-corrected chi connectivity index (χ3v) is 6.06. The molecule has 0 saturated heterocycles. The number of nitrogens with one attached hydrogen (secondary N) is 1. The zero-order chi connectivity index (χ0) is 23.4. The zero-order valence-corrected chi connectivity index (χ0v) is 18.8. The van der Waals surface area contributed by atoms with Crippen LogP contribution in [0, 0.1) is 5.82 Å². The summed E-state index contributed by atoms with van der Waals surface area (Å²) in [7, 11) is 1.55. The number of amides is 2. The fourth-order valence-corrected chi connectivity index (χ4v) is 4.27. The van der Waals surface area contributed by atoms with Gasteiger partial charge < -0.3 is 14.5 Å². The fourth-order valence-electron chi connectivity index (χ4n) is 4.09. The number of carbonyl (C=O) groups is 2. The van der Waals surface area contributed by atoms with Crippen molar-refractivity contribution in [2.24, 2.45) is 0 Å². The summed E-state index contributed by atoms with van der Waals surface area (Å²) in [5, 5.41) is 2.92. The van der Waals surface area contributed by atoms with Crippen LogP contribution < -0.4 is 15.0 Å². The third-order valence-electron chi connectivity index (χ3n) is 5.77. The van der Waals surface area contributed by atoms with E-state index in [4.69, 9.17) is 20.8 Å². The van der Waals surface area contributed by atoms with E-state index >= 15 is 0 Å². The van der Waals surface area contributed by atoms with Crippen LogP contribution in [-0.4, -0.2) is 25.0 Å². The highest BCUT2D eigenvalue weighted by molar-refractivity contribution is 6.31. The predicted molar refractivity (Wildman–Crippen MR) is 123 cm³/mol. The number of rotatable bonds is 7. The molecule has 1 aromatic heterocycles. The van der Waals surface area contributed by atoms with Gasteiger partial charge in [0.1, 0.15) is 17.6 Å². The van der Waals surface area contributed by atoms with E-state index in [1.54, 1.807) is 37.4 Å². The number of furan rings is 1. The van der Waals surface area contributed by atoms with Crippen LogP contribution in [0.2, 0.25) is 5.02 Å². The molecule has 2 amide bonds. The third kappa shape index (κ3) is 5.03. The van der Waals surface area contributed by atoms with Gasteiger partial charge in [-0.25, -0.2) is 4.39 Å². The molecular weight excluding hydrogens is 447 g/mol. The number of methoxy groups -OCH3 is 1. The van der Waals surface area contributed by atoms with E-state index in [-0.39, 0.29) is 28.4 Å². The smallest absolute Gasteiger partial charge is 0.294 e. The Morgan fingerprint density at radius 3 is 2.48 bits per heavy atom. The number of carbonyl (C=O) groups excluding carboxylic acids is 2. The minimum Gasteiger partial charge on any atom is -0.497 e. The Hall–Kier alpha value is -3.32. The standard InChI is InChI=1S/C25H24ClFN2O4/c1-32-19-11-8-16(9-12-19)23(24(30)28-17-5-2-3-6-17)29(25(31)22-7-4-14-33-22)18-10-13-21(27)20(26)15-18/h4,7-15,17,23H,2-3,5-6H2,1H3,(H,28,30)/t23-/m0/s1. The first-order valence-electron chi connectivity index (χ1n) is 10.7. The number of ether oxygens (including phenoxy) is 1. The molecule has 1 fully saturated rings. The first kappa shape index (κ1) is 22.9. The maximum Gasteiger partial charge on any atom is 0.294 e. The minimum atomic E-state index is -1.05. The zero-order valence-electron chi connectivity index (χ0n) is 18.1. The van der Waals surface area contributed by atoms with Crippen LogP contribution in [-0.2, 0) is 4.79 Å². The van der Waals surface area contributed by atoms with Gasteiger partial charge in [-0.1, -0.05) is 36.6 Å². The molecule has 0 aliphatic heterocycles. The van der Waals surface area contributed by atoms with Gasteiger partial charge in [-0.3, -0.25) is 14.5 Å². The fraction of sp³-hybridized carbons (Fsp3) is 0.280. The molecule has 0 spiro atoms. The largest absolute Gasteiger partial charge is 0.497 e. The van der Waals surface area contributed by atoms with Crippen LogP contribution in [0.15, 0.2) is 65.3 Å². The Morgan fingerprint density at radius 2 is 1.88 bits per heavy atom. The molecule has 3 aromatic rings. The number of anilines is 1. The lowest BCUT2D eigenvalue weighted by molar-refractivity contribution is -0.123. The Morgan fingerprint density at radius 1 is 1.15 bits per heavy atom. The maximum absolute atomic E-state index is 13.9. The SMILES string of the molecule is COc1ccc([C@@H](C(=O)NC2CCCC2)N(C(=O)c2ccco2)c2ccc(F)c(Cl)c2)cc1. The van der Waals surface area contributed by atoms with Crippen molar-refractivity contribution in [3.05, 3.63) is 83.0 Å². The van der Waals surface area contributed by atoms with Crippen molar-refractivity contribution in [2.75, 3.05) is 12.0 Å². The summed E-state index contributed by atoms with van der Waals surface area (Å²) >= 11 is 6.04. The summed E-state index contributed by atoms with van der Waals surface area (Å²) in [6.45, 7) is 0. The molecule has 1 N–H and O–H groups in total. The van der Waals surface area contributed by atoms with Crippen LogP contribution >= 0.6 is 11.6 Å². The van der Waals surface area contributed by atoms with Gasteiger partial charge >= 0.3 is 0 Å². The average Bonchev–Trinajstić information content (AvgIpc) is 3.54. The number of benzene rings is 2. The van der Waals surface area contributed by atoms with E-state index < -0.39 is 17.8 Å². The van der Waals surface area contributed by atoms with Crippen molar-refractivity contribution >= 4 is 29.1 Å². The number of halogens is 2. The topological polar surface area (TPSA) is 71.8 Å². The summed E-state index contributed by atoms with van der Waals surface area (Å²) in [4.78, 5) is 28.5. The van der Waals surface area contributed by atoms with E-state index in [9.17, 15) is 14.0 Å². The molecule has 33 heavy (non-hydrogen) atoms. The molecule has 1 atom stereocenters. The molecule has 6 nitrogen and oxygen atoms in total. The minimum absolute atomic E-state index is 0.0376. The van der Waals surface area contributed by atoms with Crippen LogP contribution in [0.5, 0.6) is 5.75 Å². The van der Waals surface area contributed by atoms with Gasteiger partial charge in [0, 0.05) is 11.7 Å². The molecule has 0 radical (unpaired) electrons. The van der Waals surface area contributed by atoms with Gasteiger partial charge in [0.15, 0.2) is 5.76 Å². The predicted octanol–water partition coefficient (Wildman–Crippen LogP) is 5.53. The molecule has 0 unspecified atom stereocenters. The van der Waals surface area contributed by atoms with Gasteiger partial charge in [-0.05, 0) is 60.9 Å². The van der Waals surface area contributed by atoms with Gasteiger partial charge in [0.05, 0.1) is 18.4 Å². The lowest BCUT2D eigenvalue weighted by Crippen LogP contribution is -2.46. The Bertz CT molecular complexity index is 1110. The van der Waals surface area contributed by atoms with Crippen LogP contribution in [0.4, 0.5) is 10.1 Å². The monoisotopic (exact) mass is 470 g/mol. The number of nitrogens with zero attached hydrogens (tertiary/aromatic N) is 1. The van der Waals surface area contributed by atoms with Gasteiger partial charge in [0.2, 0.25) is 5.91 Å². The molecule has 0 bridgehead atoms. The van der Waals surface area contributed by atoms with Gasteiger partial charge in [0.25, 0.3) is 5.91 Å². The number of hydrogen-bond donors (Lipinski definition) is 1. The lowest BCUT2D eigenvalue weighted by atomic mass is 10.0. The summed E-state index contributed by atoms with van der Waals surface area (Å²) in [5.74, 6) is -0.857. The first-order chi connectivity index (χ1) is 16.0.